The fourth-order valence-corrected chi connectivity index (χ4v) is 3.46. The SMILES string of the molecule is O=C(Nc1ccccc1)c1ccccc1NC(=O)[C@H]1CCCC[C@H]1C(=O)[O-]. The van der Waals surface area contributed by atoms with Crippen LogP contribution < -0.4 is 15.7 Å². The number of aliphatic carboxylic acids is 1. The summed E-state index contributed by atoms with van der Waals surface area (Å²) in [7, 11) is 0. The van der Waals surface area contributed by atoms with E-state index in [1.807, 2.05) is 18.2 Å². The predicted octanol–water partition coefficient (Wildman–Crippen LogP) is 2.43. The molecular weight excluding hydrogens is 344 g/mol. The van der Waals surface area contributed by atoms with Crippen molar-refractivity contribution in [2.75, 3.05) is 10.6 Å². The van der Waals surface area contributed by atoms with Gasteiger partial charge in [-0.25, -0.2) is 0 Å². The molecule has 0 aromatic heterocycles. The molecule has 2 amide bonds. The minimum Gasteiger partial charge on any atom is -0.550 e. The van der Waals surface area contributed by atoms with Crippen molar-refractivity contribution in [3.05, 3.63) is 60.2 Å². The van der Waals surface area contributed by atoms with Crippen molar-refractivity contribution in [1.29, 1.82) is 0 Å². The van der Waals surface area contributed by atoms with E-state index in [0.29, 0.717) is 29.8 Å². The van der Waals surface area contributed by atoms with E-state index in [4.69, 9.17) is 0 Å². The normalized spacial score (nSPS) is 19.1. The molecule has 27 heavy (non-hydrogen) atoms. The number of nitrogens with one attached hydrogen (secondary N) is 2. The molecule has 2 aromatic rings. The molecule has 1 fully saturated rings. The van der Waals surface area contributed by atoms with E-state index >= 15 is 0 Å². The summed E-state index contributed by atoms with van der Waals surface area (Å²) in [6, 6.07) is 15.7. The lowest BCUT2D eigenvalue weighted by Crippen LogP contribution is -2.42. The van der Waals surface area contributed by atoms with Gasteiger partial charge in [-0.1, -0.05) is 43.2 Å². The van der Waals surface area contributed by atoms with Crippen LogP contribution in [0.3, 0.4) is 0 Å². The Hall–Kier alpha value is -3.15. The van der Waals surface area contributed by atoms with Gasteiger partial charge < -0.3 is 20.5 Å². The molecule has 0 saturated heterocycles. The van der Waals surface area contributed by atoms with Gasteiger partial charge in [0.2, 0.25) is 5.91 Å². The van der Waals surface area contributed by atoms with Crippen molar-refractivity contribution < 1.29 is 19.5 Å². The smallest absolute Gasteiger partial charge is 0.257 e. The molecule has 2 aromatic carbocycles. The Morgan fingerprint density at radius 3 is 2.15 bits per heavy atom. The van der Waals surface area contributed by atoms with Gasteiger partial charge in [-0.2, -0.15) is 0 Å². The van der Waals surface area contributed by atoms with E-state index in [-0.39, 0.29) is 11.8 Å². The van der Waals surface area contributed by atoms with Crippen LogP contribution in [0.25, 0.3) is 0 Å². The third kappa shape index (κ3) is 4.53. The van der Waals surface area contributed by atoms with Crippen LogP contribution >= 0.6 is 0 Å². The van der Waals surface area contributed by atoms with E-state index < -0.39 is 17.8 Å². The number of para-hydroxylation sites is 2. The van der Waals surface area contributed by atoms with Gasteiger partial charge in [-0.05, 0) is 37.1 Å². The average Bonchev–Trinajstić information content (AvgIpc) is 2.69. The van der Waals surface area contributed by atoms with Crippen LogP contribution in [0.15, 0.2) is 54.6 Å². The van der Waals surface area contributed by atoms with Gasteiger partial charge >= 0.3 is 0 Å². The Kier molecular flexibility index (Phi) is 5.86. The maximum Gasteiger partial charge on any atom is 0.257 e. The second-order valence-corrected chi connectivity index (χ2v) is 6.67. The zero-order valence-corrected chi connectivity index (χ0v) is 14.8. The lowest BCUT2D eigenvalue weighted by molar-refractivity contribution is -0.313. The van der Waals surface area contributed by atoms with Crippen LogP contribution in [0.5, 0.6) is 0 Å². The summed E-state index contributed by atoms with van der Waals surface area (Å²) in [6.45, 7) is 0. The molecule has 0 heterocycles. The zero-order valence-electron chi connectivity index (χ0n) is 14.8. The van der Waals surface area contributed by atoms with Gasteiger partial charge in [0, 0.05) is 23.5 Å². The third-order valence-corrected chi connectivity index (χ3v) is 4.87. The summed E-state index contributed by atoms with van der Waals surface area (Å²) in [4.78, 5) is 36.6. The fraction of sp³-hybridized carbons (Fsp3) is 0.286. The van der Waals surface area contributed by atoms with Crippen molar-refractivity contribution in [2.24, 2.45) is 11.8 Å². The molecule has 2 atom stereocenters. The lowest BCUT2D eigenvalue weighted by atomic mass is 9.78. The van der Waals surface area contributed by atoms with Crippen molar-refractivity contribution in [2.45, 2.75) is 25.7 Å². The van der Waals surface area contributed by atoms with Gasteiger partial charge in [0.25, 0.3) is 5.91 Å². The Morgan fingerprint density at radius 2 is 1.44 bits per heavy atom. The van der Waals surface area contributed by atoms with Crippen molar-refractivity contribution in [3.63, 3.8) is 0 Å². The molecule has 0 unspecified atom stereocenters. The number of hydrogen-bond donors (Lipinski definition) is 2. The molecule has 3 rings (SSSR count). The molecule has 6 nitrogen and oxygen atoms in total. The minimum absolute atomic E-state index is 0.315. The highest BCUT2D eigenvalue weighted by molar-refractivity contribution is 6.10. The Labute approximate surface area is 157 Å². The van der Waals surface area contributed by atoms with Crippen LogP contribution in [0.1, 0.15) is 36.0 Å². The molecular formula is C21H21N2O4-. The van der Waals surface area contributed by atoms with Crippen LogP contribution in [0, 0.1) is 11.8 Å². The third-order valence-electron chi connectivity index (χ3n) is 4.87. The number of carbonyl (C=O) groups excluding carboxylic acids is 3. The highest BCUT2D eigenvalue weighted by Gasteiger charge is 2.32. The van der Waals surface area contributed by atoms with Crippen molar-refractivity contribution in [3.8, 4) is 0 Å². The van der Waals surface area contributed by atoms with Crippen LogP contribution in [0.2, 0.25) is 0 Å². The van der Waals surface area contributed by atoms with Gasteiger partial charge in [0.1, 0.15) is 0 Å². The standard InChI is InChI=1S/C21H22N2O4/c24-19(15-10-4-5-11-16(15)21(26)27)23-18-13-7-6-12-17(18)20(25)22-14-8-2-1-3-9-14/h1-3,6-9,12-13,15-16H,4-5,10-11H2,(H,22,25)(H,23,24)(H,26,27)/p-1/t15-,16+/m0/s1. The molecule has 0 radical (unpaired) electrons. The number of rotatable bonds is 5. The monoisotopic (exact) mass is 365 g/mol. The molecule has 1 aliphatic rings. The molecule has 1 aliphatic carbocycles. The molecule has 2 N–H and O–H groups in total. The zero-order chi connectivity index (χ0) is 19.2. The van der Waals surface area contributed by atoms with Crippen LogP contribution in [0.4, 0.5) is 11.4 Å². The quantitative estimate of drug-likeness (QED) is 0.850. The van der Waals surface area contributed by atoms with Gasteiger partial charge in [-0.3, -0.25) is 9.59 Å². The number of benzene rings is 2. The highest BCUT2D eigenvalue weighted by Crippen LogP contribution is 2.31. The van der Waals surface area contributed by atoms with Gasteiger partial charge in [0.05, 0.1) is 11.3 Å². The van der Waals surface area contributed by atoms with E-state index in [0.717, 1.165) is 12.8 Å². The van der Waals surface area contributed by atoms with Crippen molar-refractivity contribution in [1.82, 2.24) is 0 Å². The summed E-state index contributed by atoms with van der Waals surface area (Å²) in [6.07, 6.45) is 2.52. The summed E-state index contributed by atoms with van der Waals surface area (Å²) in [5, 5.41) is 16.9. The number of carboxylic acid groups (broad SMARTS) is 1. The first-order chi connectivity index (χ1) is 13.1. The molecule has 0 aliphatic heterocycles. The van der Waals surface area contributed by atoms with Crippen LogP contribution in [-0.2, 0) is 9.59 Å². The number of carboxylic acids is 1. The Balaban J connectivity index is 1.76. The van der Waals surface area contributed by atoms with Crippen molar-refractivity contribution >= 4 is 29.2 Å². The summed E-state index contributed by atoms with van der Waals surface area (Å²) in [5.74, 6) is -3.36. The summed E-state index contributed by atoms with van der Waals surface area (Å²) >= 11 is 0. The first kappa shape index (κ1) is 18.6. The number of anilines is 2. The topological polar surface area (TPSA) is 98.3 Å². The van der Waals surface area contributed by atoms with E-state index in [9.17, 15) is 19.5 Å². The molecule has 0 bridgehead atoms. The van der Waals surface area contributed by atoms with E-state index in [2.05, 4.69) is 10.6 Å². The van der Waals surface area contributed by atoms with Crippen LogP contribution in [-0.4, -0.2) is 17.8 Å². The first-order valence-corrected chi connectivity index (χ1v) is 9.03. The van der Waals surface area contributed by atoms with E-state index in [1.54, 1.807) is 36.4 Å². The molecule has 6 heteroatoms. The second kappa shape index (κ2) is 8.49. The number of carbonyl (C=O) groups is 3. The summed E-state index contributed by atoms with van der Waals surface area (Å²) in [5.41, 5.74) is 1.32. The Bertz CT molecular complexity index is 835. The first-order valence-electron chi connectivity index (χ1n) is 9.03. The predicted molar refractivity (Wildman–Crippen MR) is 99.9 cm³/mol. The lowest BCUT2D eigenvalue weighted by Gasteiger charge is -2.31. The fourth-order valence-electron chi connectivity index (χ4n) is 3.46. The molecule has 140 valence electrons. The highest BCUT2D eigenvalue weighted by atomic mass is 16.4. The Morgan fingerprint density at radius 1 is 0.815 bits per heavy atom. The van der Waals surface area contributed by atoms with Gasteiger partial charge in [-0.15, -0.1) is 0 Å². The molecule has 0 spiro atoms. The second-order valence-electron chi connectivity index (χ2n) is 6.67. The van der Waals surface area contributed by atoms with Gasteiger partial charge in [0.15, 0.2) is 0 Å². The maximum absolute atomic E-state index is 12.7. The minimum atomic E-state index is -1.19. The molecule has 1 saturated carbocycles. The maximum atomic E-state index is 12.7. The number of hydrogen-bond acceptors (Lipinski definition) is 4. The summed E-state index contributed by atoms with van der Waals surface area (Å²) < 4.78 is 0. The largest absolute Gasteiger partial charge is 0.550 e. The average molecular weight is 365 g/mol. The van der Waals surface area contributed by atoms with E-state index in [1.165, 1.54) is 0 Å². The number of amides is 2.